The molecule has 0 saturated carbocycles. The smallest absolute Gasteiger partial charge is 0.271 e. The highest BCUT2D eigenvalue weighted by molar-refractivity contribution is 5.91. The van der Waals surface area contributed by atoms with Crippen LogP contribution in [-0.2, 0) is 13.0 Å². The molecular weight excluding hydrogens is 316 g/mol. The van der Waals surface area contributed by atoms with E-state index < -0.39 is 0 Å². The van der Waals surface area contributed by atoms with Crippen molar-refractivity contribution in [3.8, 4) is 0 Å². The molecule has 0 aliphatic heterocycles. The molecule has 2 aromatic heterocycles. The van der Waals surface area contributed by atoms with Gasteiger partial charge < -0.3 is 5.32 Å². The van der Waals surface area contributed by atoms with Crippen LogP contribution in [0.3, 0.4) is 0 Å². The summed E-state index contributed by atoms with van der Waals surface area (Å²) in [7, 11) is 0. The summed E-state index contributed by atoms with van der Waals surface area (Å²) in [5.74, 6) is -0.295. The molecule has 0 unspecified atom stereocenters. The Balaban J connectivity index is 1.64. The number of carbonyl (C=O) groups excluding carboxylic acids is 1. The van der Waals surface area contributed by atoms with E-state index in [0.29, 0.717) is 19.5 Å². The third kappa shape index (κ3) is 4.60. The van der Waals surface area contributed by atoms with E-state index in [1.807, 2.05) is 42.5 Å². The highest BCUT2D eigenvalue weighted by Gasteiger charge is 2.09. The van der Waals surface area contributed by atoms with E-state index in [4.69, 9.17) is 0 Å². The van der Waals surface area contributed by atoms with Crippen LogP contribution in [0.2, 0.25) is 0 Å². The minimum Gasteiger partial charge on any atom is -0.350 e. The number of carbonyl (C=O) groups is 1. The number of amides is 1. The first kappa shape index (κ1) is 16.6. The molecule has 0 fully saturated rings. The molecule has 0 radical (unpaired) electrons. The minimum absolute atomic E-state index is 0.227. The lowest BCUT2D eigenvalue weighted by Crippen LogP contribution is -2.30. The van der Waals surface area contributed by atoms with Crippen molar-refractivity contribution in [3.63, 3.8) is 0 Å². The molecule has 2 heterocycles. The van der Waals surface area contributed by atoms with Crippen molar-refractivity contribution in [2.45, 2.75) is 13.0 Å². The van der Waals surface area contributed by atoms with Gasteiger partial charge in [0.05, 0.1) is 6.54 Å². The lowest BCUT2D eigenvalue weighted by atomic mass is 10.2. The molecule has 3 rings (SSSR count). The standard InChI is InChI=1S/C19H18N4O2/c24-18-7-6-17(22-23(18)14-16-4-2-1-3-5-16)19(25)21-13-10-15-8-11-20-12-9-15/h1-9,11-12H,10,13-14H2,(H,21,25). The molecule has 0 bridgehead atoms. The molecule has 1 amide bonds. The van der Waals surface area contributed by atoms with Crippen LogP contribution in [0.1, 0.15) is 21.6 Å². The molecule has 0 spiro atoms. The third-order valence-electron chi connectivity index (χ3n) is 3.72. The average Bonchev–Trinajstić information content (AvgIpc) is 2.65. The van der Waals surface area contributed by atoms with Crippen LogP contribution in [0.25, 0.3) is 0 Å². The first-order valence-corrected chi connectivity index (χ1v) is 8.01. The summed E-state index contributed by atoms with van der Waals surface area (Å²) in [5.41, 5.74) is 2.03. The van der Waals surface area contributed by atoms with E-state index in [2.05, 4.69) is 15.4 Å². The van der Waals surface area contributed by atoms with Gasteiger partial charge in [0.1, 0.15) is 5.69 Å². The second-order valence-electron chi connectivity index (χ2n) is 5.56. The number of nitrogens with zero attached hydrogens (tertiary/aromatic N) is 3. The number of hydrogen-bond donors (Lipinski definition) is 1. The van der Waals surface area contributed by atoms with Crippen LogP contribution in [0.15, 0.2) is 71.8 Å². The van der Waals surface area contributed by atoms with Crippen LogP contribution in [-0.4, -0.2) is 27.2 Å². The summed E-state index contributed by atoms with van der Waals surface area (Å²) in [6.07, 6.45) is 4.15. The summed E-state index contributed by atoms with van der Waals surface area (Å²) in [6.45, 7) is 0.820. The molecule has 0 saturated heterocycles. The zero-order chi connectivity index (χ0) is 17.5. The summed E-state index contributed by atoms with van der Waals surface area (Å²) in [5, 5.41) is 7.00. The van der Waals surface area contributed by atoms with Crippen molar-refractivity contribution in [2.24, 2.45) is 0 Å². The number of hydrogen-bond acceptors (Lipinski definition) is 4. The molecule has 0 atom stereocenters. The van der Waals surface area contributed by atoms with Crippen LogP contribution in [0.5, 0.6) is 0 Å². The Morgan fingerprint density at radius 1 is 0.960 bits per heavy atom. The molecule has 1 N–H and O–H groups in total. The molecular formula is C19H18N4O2. The quantitative estimate of drug-likeness (QED) is 0.744. The Hall–Kier alpha value is -3.28. The first-order chi connectivity index (χ1) is 12.2. The van der Waals surface area contributed by atoms with E-state index in [1.54, 1.807) is 12.4 Å². The van der Waals surface area contributed by atoms with Crippen molar-refractivity contribution in [1.82, 2.24) is 20.1 Å². The molecule has 6 heteroatoms. The van der Waals surface area contributed by atoms with Crippen LogP contribution in [0.4, 0.5) is 0 Å². The fourth-order valence-electron chi connectivity index (χ4n) is 2.40. The number of nitrogens with one attached hydrogen (secondary N) is 1. The average molecular weight is 334 g/mol. The molecule has 6 nitrogen and oxygen atoms in total. The highest BCUT2D eigenvalue weighted by atomic mass is 16.2. The van der Waals surface area contributed by atoms with Gasteiger partial charge in [-0.25, -0.2) is 4.68 Å². The zero-order valence-corrected chi connectivity index (χ0v) is 13.6. The number of pyridine rings is 1. The van der Waals surface area contributed by atoms with E-state index in [1.165, 1.54) is 16.8 Å². The summed E-state index contributed by atoms with van der Waals surface area (Å²) in [6, 6.07) is 16.2. The molecule has 1 aromatic carbocycles. The Morgan fingerprint density at radius 3 is 2.48 bits per heavy atom. The fourth-order valence-corrected chi connectivity index (χ4v) is 2.40. The fraction of sp³-hybridized carbons (Fsp3) is 0.158. The first-order valence-electron chi connectivity index (χ1n) is 8.01. The summed E-state index contributed by atoms with van der Waals surface area (Å²) >= 11 is 0. The monoisotopic (exact) mass is 334 g/mol. The van der Waals surface area contributed by atoms with Crippen LogP contribution < -0.4 is 10.9 Å². The van der Waals surface area contributed by atoms with Crippen molar-refractivity contribution >= 4 is 5.91 Å². The van der Waals surface area contributed by atoms with Crippen molar-refractivity contribution in [2.75, 3.05) is 6.54 Å². The molecule has 25 heavy (non-hydrogen) atoms. The zero-order valence-electron chi connectivity index (χ0n) is 13.6. The van der Waals surface area contributed by atoms with Gasteiger partial charge in [-0.2, -0.15) is 5.10 Å². The van der Waals surface area contributed by atoms with Crippen molar-refractivity contribution in [3.05, 3.63) is 94.2 Å². The van der Waals surface area contributed by atoms with E-state index >= 15 is 0 Å². The Labute approximate surface area is 145 Å². The molecule has 126 valence electrons. The van der Waals surface area contributed by atoms with Crippen molar-refractivity contribution in [1.29, 1.82) is 0 Å². The normalized spacial score (nSPS) is 10.4. The topological polar surface area (TPSA) is 76.9 Å². The SMILES string of the molecule is O=C(NCCc1ccncc1)c1ccc(=O)n(Cc2ccccc2)n1. The lowest BCUT2D eigenvalue weighted by Gasteiger charge is -2.08. The Kier molecular flexibility index (Phi) is 5.31. The van der Waals surface area contributed by atoms with Gasteiger partial charge in [-0.15, -0.1) is 0 Å². The van der Waals surface area contributed by atoms with Crippen molar-refractivity contribution < 1.29 is 4.79 Å². The molecule has 3 aromatic rings. The maximum Gasteiger partial charge on any atom is 0.271 e. The summed E-state index contributed by atoms with van der Waals surface area (Å²) < 4.78 is 1.30. The number of benzene rings is 1. The minimum atomic E-state index is -0.295. The van der Waals surface area contributed by atoms with Crippen LogP contribution in [0, 0.1) is 0 Å². The predicted molar refractivity (Wildman–Crippen MR) is 94.3 cm³/mol. The number of aromatic nitrogens is 3. The van der Waals surface area contributed by atoms with Gasteiger partial charge in [0, 0.05) is 25.0 Å². The highest BCUT2D eigenvalue weighted by Crippen LogP contribution is 2.01. The van der Waals surface area contributed by atoms with E-state index in [-0.39, 0.29) is 17.2 Å². The summed E-state index contributed by atoms with van der Waals surface area (Å²) in [4.78, 5) is 28.2. The van der Waals surface area contributed by atoms with E-state index in [0.717, 1.165) is 11.1 Å². The van der Waals surface area contributed by atoms with Gasteiger partial charge >= 0.3 is 0 Å². The second kappa shape index (κ2) is 8.01. The predicted octanol–water partition coefficient (Wildman–Crippen LogP) is 1.66. The van der Waals surface area contributed by atoms with Gasteiger partial charge in [-0.3, -0.25) is 14.6 Å². The second-order valence-corrected chi connectivity index (χ2v) is 5.56. The Bertz CT molecular complexity index is 892. The van der Waals surface area contributed by atoms with Gasteiger partial charge in [-0.1, -0.05) is 30.3 Å². The van der Waals surface area contributed by atoms with E-state index in [9.17, 15) is 9.59 Å². The van der Waals surface area contributed by atoms with Gasteiger partial charge in [0.15, 0.2) is 0 Å². The molecule has 0 aliphatic rings. The largest absolute Gasteiger partial charge is 0.350 e. The van der Waals surface area contributed by atoms with Crippen LogP contribution >= 0.6 is 0 Å². The number of rotatable bonds is 6. The maximum atomic E-state index is 12.2. The Morgan fingerprint density at radius 2 is 1.72 bits per heavy atom. The van der Waals surface area contributed by atoms with Gasteiger partial charge in [0.2, 0.25) is 0 Å². The molecule has 0 aliphatic carbocycles. The van der Waals surface area contributed by atoms with Gasteiger partial charge in [0.25, 0.3) is 11.5 Å². The van der Waals surface area contributed by atoms with Gasteiger partial charge in [-0.05, 0) is 35.7 Å². The third-order valence-corrected chi connectivity index (χ3v) is 3.72. The maximum absolute atomic E-state index is 12.2. The lowest BCUT2D eigenvalue weighted by molar-refractivity contribution is 0.0946.